The highest BCUT2D eigenvalue weighted by molar-refractivity contribution is 5.93. The summed E-state index contributed by atoms with van der Waals surface area (Å²) in [4.78, 5) is 27.7. The predicted octanol–water partition coefficient (Wildman–Crippen LogP) is 0.958. The molecule has 0 atom stereocenters. The van der Waals surface area contributed by atoms with E-state index in [0.29, 0.717) is 5.56 Å². The van der Waals surface area contributed by atoms with Gasteiger partial charge in [0.2, 0.25) is 0 Å². The predicted molar refractivity (Wildman–Crippen MR) is 60.8 cm³/mol. The van der Waals surface area contributed by atoms with Crippen molar-refractivity contribution in [3.63, 3.8) is 0 Å². The number of carbonyl (C=O) groups excluding carboxylic acids is 1. The van der Waals surface area contributed by atoms with Crippen LogP contribution in [0.2, 0.25) is 0 Å². The van der Waals surface area contributed by atoms with E-state index in [0.717, 1.165) is 12.1 Å². The van der Waals surface area contributed by atoms with Crippen molar-refractivity contribution in [2.45, 2.75) is 20.3 Å². The van der Waals surface area contributed by atoms with Crippen LogP contribution in [0.15, 0.2) is 18.3 Å². The molecule has 1 rings (SSSR count). The van der Waals surface area contributed by atoms with Gasteiger partial charge in [0.1, 0.15) is 0 Å². The van der Waals surface area contributed by atoms with Gasteiger partial charge in [0.05, 0.1) is 17.9 Å². The average molecular weight is 241 g/mol. The van der Waals surface area contributed by atoms with Crippen molar-refractivity contribution in [1.29, 1.82) is 0 Å². The molecule has 0 aliphatic carbocycles. The Kier molecular flexibility index (Phi) is 7.00. The SMILES string of the molecule is CCO[N+](=O)[O-].CCc1ncccc1C(N)=O. The lowest BCUT2D eigenvalue weighted by Crippen LogP contribution is -2.14. The largest absolute Gasteiger partial charge is 0.366 e. The minimum absolute atomic E-state index is 0.132. The van der Waals surface area contributed by atoms with Crippen molar-refractivity contribution < 1.29 is 14.7 Å². The van der Waals surface area contributed by atoms with Gasteiger partial charge in [-0.25, -0.2) is 0 Å². The topological polar surface area (TPSA) is 108 Å². The Labute approximate surface area is 98.7 Å². The summed E-state index contributed by atoms with van der Waals surface area (Å²) in [7, 11) is 0. The molecule has 0 unspecified atom stereocenters. The second-order valence-corrected chi connectivity index (χ2v) is 2.86. The Hall–Kier alpha value is -2.18. The molecule has 1 heterocycles. The van der Waals surface area contributed by atoms with Crippen molar-refractivity contribution in [3.05, 3.63) is 39.7 Å². The summed E-state index contributed by atoms with van der Waals surface area (Å²) in [6, 6.07) is 3.40. The van der Waals surface area contributed by atoms with Crippen LogP contribution in [0.1, 0.15) is 29.9 Å². The van der Waals surface area contributed by atoms with E-state index >= 15 is 0 Å². The molecule has 0 bridgehead atoms. The summed E-state index contributed by atoms with van der Waals surface area (Å²) < 4.78 is 0. The molecule has 0 saturated carbocycles. The van der Waals surface area contributed by atoms with E-state index < -0.39 is 11.0 Å². The molecular formula is C10H15N3O4. The van der Waals surface area contributed by atoms with E-state index in [9.17, 15) is 14.9 Å². The van der Waals surface area contributed by atoms with Crippen LogP contribution in [0.4, 0.5) is 0 Å². The first-order chi connectivity index (χ1) is 8.02. The van der Waals surface area contributed by atoms with Gasteiger partial charge in [-0.05, 0) is 25.5 Å². The number of hydrogen-bond acceptors (Lipinski definition) is 5. The number of pyridine rings is 1. The zero-order chi connectivity index (χ0) is 13.3. The second-order valence-electron chi connectivity index (χ2n) is 2.86. The summed E-state index contributed by atoms with van der Waals surface area (Å²) in [5.41, 5.74) is 6.40. The molecule has 94 valence electrons. The van der Waals surface area contributed by atoms with Crippen molar-refractivity contribution in [3.8, 4) is 0 Å². The number of aromatic nitrogens is 1. The van der Waals surface area contributed by atoms with Crippen LogP contribution in [-0.2, 0) is 11.3 Å². The van der Waals surface area contributed by atoms with E-state index in [1.807, 2.05) is 6.92 Å². The Balaban J connectivity index is 0.000000366. The minimum atomic E-state index is -0.819. The molecule has 7 heteroatoms. The Morgan fingerprint density at radius 2 is 2.24 bits per heavy atom. The molecule has 0 fully saturated rings. The number of nitrogens with zero attached hydrogens (tertiary/aromatic N) is 2. The third-order valence-electron chi connectivity index (χ3n) is 1.73. The summed E-state index contributed by atoms with van der Waals surface area (Å²) in [5, 5.41) is 8.36. The molecule has 0 spiro atoms. The highest BCUT2D eigenvalue weighted by Gasteiger charge is 2.05. The van der Waals surface area contributed by atoms with Gasteiger partial charge in [-0.1, -0.05) is 6.92 Å². The fourth-order valence-electron chi connectivity index (χ4n) is 1.05. The van der Waals surface area contributed by atoms with Crippen LogP contribution in [0, 0.1) is 10.1 Å². The quantitative estimate of drug-likeness (QED) is 0.623. The monoisotopic (exact) mass is 241 g/mol. The zero-order valence-corrected chi connectivity index (χ0v) is 9.75. The molecule has 7 nitrogen and oxygen atoms in total. The van der Waals surface area contributed by atoms with E-state index in [1.165, 1.54) is 0 Å². The molecule has 17 heavy (non-hydrogen) atoms. The van der Waals surface area contributed by atoms with Gasteiger partial charge in [0, 0.05) is 6.20 Å². The van der Waals surface area contributed by atoms with Crippen LogP contribution < -0.4 is 5.73 Å². The van der Waals surface area contributed by atoms with Gasteiger partial charge in [-0.3, -0.25) is 9.78 Å². The molecular weight excluding hydrogens is 226 g/mol. The van der Waals surface area contributed by atoms with E-state index in [-0.39, 0.29) is 6.61 Å². The van der Waals surface area contributed by atoms with Gasteiger partial charge in [-0.2, -0.15) is 0 Å². The minimum Gasteiger partial charge on any atom is -0.366 e. The number of hydrogen-bond donors (Lipinski definition) is 1. The number of nitrogens with two attached hydrogens (primary N) is 1. The third-order valence-corrected chi connectivity index (χ3v) is 1.73. The molecule has 0 saturated heterocycles. The molecule has 0 radical (unpaired) electrons. The van der Waals surface area contributed by atoms with Crippen LogP contribution in [0.5, 0.6) is 0 Å². The molecule has 2 N–H and O–H groups in total. The highest BCUT2D eigenvalue weighted by atomic mass is 16.9. The van der Waals surface area contributed by atoms with Crippen LogP contribution in [0.25, 0.3) is 0 Å². The maximum absolute atomic E-state index is 10.8. The van der Waals surface area contributed by atoms with Gasteiger partial charge in [0.15, 0.2) is 0 Å². The van der Waals surface area contributed by atoms with Crippen LogP contribution >= 0.6 is 0 Å². The fraction of sp³-hybridized carbons (Fsp3) is 0.400. The first kappa shape index (κ1) is 14.8. The zero-order valence-electron chi connectivity index (χ0n) is 9.75. The molecule has 0 aliphatic rings. The van der Waals surface area contributed by atoms with Crippen molar-refractivity contribution >= 4 is 5.91 Å². The maximum Gasteiger partial charge on any atom is 0.294 e. The number of carbonyl (C=O) groups is 1. The smallest absolute Gasteiger partial charge is 0.294 e. The lowest BCUT2D eigenvalue weighted by atomic mass is 10.1. The van der Waals surface area contributed by atoms with E-state index in [1.54, 1.807) is 25.3 Å². The molecule has 1 aromatic rings. The molecule has 1 amide bonds. The summed E-state index contributed by atoms with van der Waals surface area (Å²) in [5.74, 6) is -0.407. The Morgan fingerprint density at radius 1 is 1.59 bits per heavy atom. The van der Waals surface area contributed by atoms with Gasteiger partial charge in [0.25, 0.3) is 11.0 Å². The molecule has 0 aromatic carbocycles. The molecule has 1 aromatic heterocycles. The van der Waals surface area contributed by atoms with Crippen LogP contribution in [-0.4, -0.2) is 22.6 Å². The summed E-state index contributed by atoms with van der Waals surface area (Å²) in [6.45, 7) is 3.63. The van der Waals surface area contributed by atoms with Gasteiger partial charge < -0.3 is 10.6 Å². The Bertz CT molecular complexity index is 382. The van der Waals surface area contributed by atoms with E-state index in [2.05, 4.69) is 9.82 Å². The van der Waals surface area contributed by atoms with Gasteiger partial charge >= 0.3 is 0 Å². The van der Waals surface area contributed by atoms with Crippen molar-refractivity contribution in [1.82, 2.24) is 4.98 Å². The summed E-state index contributed by atoms with van der Waals surface area (Å²) in [6.07, 6.45) is 2.39. The number of amides is 1. The number of primary amides is 1. The average Bonchev–Trinajstić information content (AvgIpc) is 2.29. The standard InChI is InChI=1S/C8H10N2O.C2H5NO3/c1-2-7-6(8(9)11)4-3-5-10-7;1-2-6-3(4)5/h3-5H,2H2,1H3,(H2,9,11);2H2,1H3. The number of rotatable bonds is 4. The lowest BCUT2D eigenvalue weighted by Gasteiger charge is -2.00. The van der Waals surface area contributed by atoms with Crippen molar-refractivity contribution in [2.75, 3.05) is 6.61 Å². The van der Waals surface area contributed by atoms with Crippen LogP contribution in [0.3, 0.4) is 0 Å². The second kappa shape index (κ2) is 8.03. The number of aryl methyl sites for hydroxylation is 1. The fourth-order valence-corrected chi connectivity index (χ4v) is 1.05. The summed E-state index contributed by atoms with van der Waals surface area (Å²) >= 11 is 0. The van der Waals surface area contributed by atoms with E-state index in [4.69, 9.17) is 5.73 Å². The lowest BCUT2D eigenvalue weighted by molar-refractivity contribution is -0.756. The maximum atomic E-state index is 10.8. The normalized spacial score (nSPS) is 8.82. The first-order valence-corrected chi connectivity index (χ1v) is 5.03. The third kappa shape index (κ3) is 6.08. The highest BCUT2D eigenvalue weighted by Crippen LogP contribution is 2.03. The van der Waals surface area contributed by atoms with Gasteiger partial charge in [-0.15, -0.1) is 10.1 Å². The Morgan fingerprint density at radius 3 is 2.53 bits per heavy atom. The van der Waals surface area contributed by atoms with Crippen molar-refractivity contribution in [2.24, 2.45) is 5.73 Å². The molecule has 0 aliphatic heterocycles. The first-order valence-electron chi connectivity index (χ1n) is 5.03.